The molecule has 0 spiro atoms. The first kappa shape index (κ1) is 9.37. The fourth-order valence-corrected chi connectivity index (χ4v) is 2.58. The molecule has 0 aromatic heterocycles. The Morgan fingerprint density at radius 1 is 1.50 bits per heavy atom. The minimum Gasteiger partial charge on any atom is -0.504 e. The molecule has 1 amide bonds. The molecule has 0 aromatic carbocycles. The molecular weight excluding hydrogens is 182 g/mol. The Morgan fingerprint density at radius 2 is 2.07 bits per heavy atom. The number of fused-ring (bicyclic) bond motifs is 1. The highest BCUT2D eigenvalue weighted by molar-refractivity contribution is 5.65. The third-order valence-corrected chi connectivity index (χ3v) is 3.18. The normalized spacial score (nSPS) is 33.5. The Labute approximate surface area is 83.2 Å². The number of hydrogen-bond donors (Lipinski definition) is 1. The largest absolute Gasteiger partial charge is 0.504 e. The molecular formula is C10H15NO3. The summed E-state index contributed by atoms with van der Waals surface area (Å²) in [6.07, 6.45) is 3.03. The van der Waals surface area contributed by atoms with Gasteiger partial charge in [-0.05, 0) is 30.3 Å². The molecule has 4 nitrogen and oxygen atoms in total. The topological polar surface area (TPSA) is 49.8 Å². The molecule has 0 aromatic rings. The molecule has 2 atom stereocenters. The van der Waals surface area contributed by atoms with Crippen LogP contribution in [0.15, 0.2) is 11.8 Å². The van der Waals surface area contributed by atoms with Crippen LogP contribution in [-0.4, -0.2) is 36.3 Å². The average Bonchev–Trinajstić information content (AvgIpc) is 2.61. The summed E-state index contributed by atoms with van der Waals surface area (Å²) in [6, 6.07) is 0. The van der Waals surface area contributed by atoms with Crippen molar-refractivity contribution in [1.82, 2.24) is 4.90 Å². The van der Waals surface area contributed by atoms with Crippen LogP contribution in [0.2, 0.25) is 0 Å². The van der Waals surface area contributed by atoms with Crippen molar-refractivity contribution in [3.05, 3.63) is 11.8 Å². The summed E-state index contributed by atoms with van der Waals surface area (Å²) in [6.45, 7) is 1.39. The standard InChI is InChI=1S/C10H15NO3/c1-14-6-7-2-8-4-11(10(12)13)5-9(8)3-7/h6,8-9H,2-5H2,1H3,(H,12,13)/b7-6-/t8-,9+/m0/s1. The lowest BCUT2D eigenvalue weighted by atomic mass is 10.0. The van der Waals surface area contributed by atoms with Crippen molar-refractivity contribution in [2.24, 2.45) is 11.8 Å². The van der Waals surface area contributed by atoms with Crippen molar-refractivity contribution in [2.45, 2.75) is 12.8 Å². The van der Waals surface area contributed by atoms with Crippen molar-refractivity contribution in [2.75, 3.05) is 20.2 Å². The average molecular weight is 197 g/mol. The van der Waals surface area contributed by atoms with Gasteiger partial charge in [0.05, 0.1) is 13.4 Å². The molecule has 0 bridgehead atoms. The van der Waals surface area contributed by atoms with Gasteiger partial charge in [-0.2, -0.15) is 0 Å². The van der Waals surface area contributed by atoms with Crippen LogP contribution in [-0.2, 0) is 4.74 Å². The van der Waals surface area contributed by atoms with E-state index in [1.54, 1.807) is 7.11 Å². The van der Waals surface area contributed by atoms with Crippen LogP contribution in [0.25, 0.3) is 0 Å². The van der Waals surface area contributed by atoms with Gasteiger partial charge in [0.1, 0.15) is 0 Å². The van der Waals surface area contributed by atoms with E-state index < -0.39 is 6.09 Å². The number of methoxy groups -OCH3 is 1. The summed E-state index contributed by atoms with van der Waals surface area (Å²) in [5.41, 5.74) is 1.33. The van der Waals surface area contributed by atoms with Gasteiger partial charge in [-0.25, -0.2) is 4.79 Å². The smallest absolute Gasteiger partial charge is 0.407 e. The van der Waals surface area contributed by atoms with Gasteiger partial charge in [0.25, 0.3) is 0 Å². The molecule has 1 saturated heterocycles. The Hall–Kier alpha value is -1.19. The predicted octanol–water partition coefficient (Wildman–Crippen LogP) is 1.54. The zero-order chi connectivity index (χ0) is 10.1. The van der Waals surface area contributed by atoms with Gasteiger partial charge >= 0.3 is 6.09 Å². The highest BCUT2D eigenvalue weighted by Gasteiger charge is 2.40. The first-order chi connectivity index (χ1) is 6.70. The number of allylic oxidation sites excluding steroid dienone is 1. The lowest BCUT2D eigenvalue weighted by Crippen LogP contribution is -2.27. The van der Waals surface area contributed by atoms with Gasteiger partial charge in [-0.15, -0.1) is 0 Å². The second-order valence-electron chi connectivity index (χ2n) is 4.13. The molecule has 4 heteroatoms. The van der Waals surface area contributed by atoms with Gasteiger partial charge in [0, 0.05) is 13.1 Å². The van der Waals surface area contributed by atoms with Gasteiger partial charge < -0.3 is 14.7 Å². The van der Waals surface area contributed by atoms with Crippen LogP contribution >= 0.6 is 0 Å². The number of rotatable bonds is 1. The maximum Gasteiger partial charge on any atom is 0.407 e. The van der Waals surface area contributed by atoms with Crippen molar-refractivity contribution >= 4 is 6.09 Å². The van der Waals surface area contributed by atoms with Crippen LogP contribution in [0.3, 0.4) is 0 Å². The van der Waals surface area contributed by atoms with Gasteiger partial charge in [-0.1, -0.05) is 0 Å². The maximum absolute atomic E-state index is 10.7. The number of hydrogen-bond acceptors (Lipinski definition) is 2. The van der Waals surface area contributed by atoms with Crippen molar-refractivity contribution < 1.29 is 14.6 Å². The molecule has 78 valence electrons. The van der Waals surface area contributed by atoms with E-state index in [9.17, 15) is 4.79 Å². The third kappa shape index (κ3) is 1.56. The Balaban J connectivity index is 1.96. The molecule has 2 aliphatic rings. The first-order valence-electron chi connectivity index (χ1n) is 4.89. The summed E-state index contributed by atoms with van der Waals surface area (Å²) in [7, 11) is 1.66. The summed E-state index contributed by atoms with van der Waals surface area (Å²) < 4.78 is 4.97. The molecule has 1 saturated carbocycles. The zero-order valence-electron chi connectivity index (χ0n) is 8.27. The Bertz CT molecular complexity index is 259. The van der Waals surface area contributed by atoms with E-state index in [1.807, 2.05) is 6.26 Å². The SMILES string of the molecule is CO/C=C1\C[C@@H]2CN(C(=O)O)C[C@@H]2C1. The number of amides is 1. The quantitative estimate of drug-likeness (QED) is 0.648. The highest BCUT2D eigenvalue weighted by Crippen LogP contribution is 2.40. The Morgan fingerprint density at radius 3 is 2.50 bits per heavy atom. The van der Waals surface area contributed by atoms with E-state index in [0.29, 0.717) is 24.9 Å². The van der Waals surface area contributed by atoms with E-state index in [1.165, 1.54) is 10.5 Å². The molecule has 0 unspecified atom stereocenters. The van der Waals surface area contributed by atoms with Crippen LogP contribution in [0.4, 0.5) is 4.79 Å². The molecule has 1 N–H and O–H groups in total. The molecule has 2 fully saturated rings. The number of nitrogens with zero attached hydrogens (tertiary/aromatic N) is 1. The molecule has 2 rings (SSSR count). The van der Waals surface area contributed by atoms with E-state index in [4.69, 9.17) is 9.84 Å². The molecule has 0 radical (unpaired) electrons. The van der Waals surface area contributed by atoms with Crippen molar-refractivity contribution in [3.8, 4) is 0 Å². The number of carboxylic acid groups (broad SMARTS) is 1. The predicted molar refractivity (Wildman–Crippen MR) is 50.9 cm³/mol. The van der Waals surface area contributed by atoms with Gasteiger partial charge in [-0.3, -0.25) is 0 Å². The van der Waals surface area contributed by atoms with Crippen LogP contribution in [0.5, 0.6) is 0 Å². The lowest BCUT2D eigenvalue weighted by molar-refractivity contribution is 0.152. The summed E-state index contributed by atoms with van der Waals surface area (Å²) in [5.74, 6) is 1.04. The summed E-state index contributed by atoms with van der Waals surface area (Å²) >= 11 is 0. The van der Waals surface area contributed by atoms with Crippen molar-refractivity contribution in [1.29, 1.82) is 0 Å². The minimum atomic E-state index is -0.781. The monoisotopic (exact) mass is 197 g/mol. The Kier molecular flexibility index (Phi) is 2.35. The van der Waals surface area contributed by atoms with E-state index in [0.717, 1.165) is 12.8 Å². The van der Waals surface area contributed by atoms with Crippen molar-refractivity contribution in [3.63, 3.8) is 0 Å². The zero-order valence-corrected chi connectivity index (χ0v) is 8.27. The fraction of sp³-hybridized carbons (Fsp3) is 0.700. The highest BCUT2D eigenvalue weighted by atomic mass is 16.5. The molecule has 1 aliphatic carbocycles. The number of likely N-dealkylation sites (tertiary alicyclic amines) is 1. The second kappa shape index (κ2) is 3.52. The van der Waals surface area contributed by atoms with E-state index >= 15 is 0 Å². The molecule has 1 aliphatic heterocycles. The third-order valence-electron chi connectivity index (χ3n) is 3.18. The number of carbonyl (C=O) groups is 1. The first-order valence-corrected chi connectivity index (χ1v) is 4.89. The van der Waals surface area contributed by atoms with Gasteiger partial charge in [0.2, 0.25) is 0 Å². The fourth-order valence-electron chi connectivity index (χ4n) is 2.58. The minimum absolute atomic E-state index is 0.521. The van der Waals surface area contributed by atoms with Crippen LogP contribution in [0.1, 0.15) is 12.8 Å². The summed E-state index contributed by atoms with van der Waals surface area (Å²) in [5, 5.41) is 8.82. The van der Waals surface area contributed by atoms with E-state index in [2.05, 4.69) is 0 Å². The molecule has 1 heterocycles. The maximum atomic E-state index is 10.7. The van der Waals surface area contributed by atoms with E-state index in [-0.39, 0.29) is 0 Å². The van der Waals surface area contributed by atoms with Crippen LogP contribution in [0, 0.1) is 11.8 Å². The second-order valence-corrected chi connectivity index (χ2v) is 4.13. The van der Waals surface area contributed by atoms with Gasteiger partial charge in [0.15, 0.2) is 0 Å². The molecule has 14 heavy (non-hydrogen) atoms. The van der Waals surface area contributed by atoms with Crippen LogP contribution < -0.4 is 0 Å². The summed E-state index contributed by atoms with van der Waals surface area (Å²) in [4.78, 5) is 12.3. The number of ether oxygens (including phenoxy) is 1. The lowest BCUT2D eigenvalue weighted by Gasteiger charge is -2.12.